The first-order valence-corrected chi connectivity index (χ1v) is 15.9. The molecule has 15 heteroatoms. The van der Waals surface area contributed by atoms with Crippen LogP contribution in [0.5, 0.6) is 0 Å². The average Bonchev–Trinajstić information content (AvgIpc) is 3.09. The molecule has 2 aliphatic rings. The average molecular weight is 537 g/mol. The highest BCUT2D eigenvalue weighted by atomic mass is 31.2. The second-order valence-electron chi connectivity index (χ2n) is 8.72. The van der Waals surface area contributed by atoms with Crippen molar-refractivity contribution >= 4 is 32.5 Å². The maximum atomic E-state index is 12.8. The Morgan fingerprint density at radius 3 is 2.14 bits per heavy atom. The topological polar surface area (TPSA) is 180 Å². The first-order valence-electron chi connectivity index (χ1n) is 11.8. The molecule has 0 aliphatic carbocycles. The highest BCUT2D eigenvalue weighted by Gasteiger charge is 2.33. The van der Waals surface area contributed by atoms with Crippen molar-refractivity contribution < 1.29 is 33.3 Å². The van der Waals surface area contributed by atoms with E-state index in [9.17, 15) is 33.3 Å². The third-order valence-electron chi connectivity index (χ3n) is 5.47. The molecule has 200 valence electrons. The lowest BCUT2D eigenvalue weighted by Gasteiger charge is -2.26. The second-order valence-corrected chi connectivity index (χ2v) is 13.8. The van der Waals surface area contributed by atoms with E-state index >= 15 is 0 Å². The first kappa shape index (κ1) is 29.8. The minimum atomic E-state index is -4.13. The van der Waals surface area contributed by atoms with Gasteiger partial charge in [0, 0.05) is 51.3 Å². The van der Waals surface area contributed by atoms with Gasteiger partial charge in [0.25, 0.3) is 11.8 Å². The van der Waals surface area contributed by atoms with Crippen LogP contribution in [0.1, 0.15) is 19.3 Å². The summed E-state index contributed by atoms with van der Waals surface area (Å²) >= 11 is 0. The van der Waals surface area contributed by atoms with Crippen LogP contribution in [0.4, 0.5) is 0 Å². The van der Waals surface area contributed by atoms with Crippen molar-refractivity contribution in [3.8, 4) is 0 Å². The van der Waals surface area contributed by atoms with Crippen molar-refractivity contribution in [2.45, 2.75) is 19.3 Å². The van der Waals surface area contributed by atoms with Gasteiger partial charge >= 0.3 is 0 Å². The van der Waals surface area contributed by atoms with Gasteiger partial charge in [0.1, 0.15) is 5.90 Å². The molecule has 0 spiro atoms. The molecule has 2 aliphatic heterocycles. The Morgan fingerprint density at radius 1 is 0.886 bits per heavy atom. The van der Waals surface area contributed by atoms with Gasteiger partial charge in [-0.1, -0.05) is 0 Å². The predicted octanol–water partition coefficient (Wildman–Crippen LogP) is -1.30. The number of amides is 3. The fourth-order valence-electron chi connectivity index (χ4n) is 3.73. The number of hydrogen-bond acceptors (Lipinski definition) is 9. The Hall–Kier alpha value is -1.43. The molecule has 0 aromatic carbocycles. The second kappa shape index (κ2) is 15.0. The molecule has 13 nitrogen and oxygen atoms in total. The largest absolute Gasteiger partial charge is 0.347 e. The fraction of sp³-hybridized carbons (Fsp3) is 0.750. The Balaban J connectivity index is 1.79. The number of nitrogens with one attached hydrogen (secondary N) is 4. The van der Waals surface area contributed by atoms with Crippen LogP contribution in [-0.2, 0) is 23.5 Å². The van der Waals surface area contributed by atoms with Crippen LogP contribution < -0.4 is 21.3 Å². The van der Waals surface area contributed by atoms with Crippen LogP contribution in [-0.4, -0.2) is 115 Å². The van der Waals surface area contributed by atoms with Crippen LogP contribution in [0.2, 0.25) is 0 Å². The Kier molecular flexibility index (Phi) is 12.7. The molecule has 1 fully saturated rings. The summed E-state index contributed by atoms with van der Waals surface area (Å²) in [6.45, 7) is 5.81. The van der Waals surface area contributed by atoms with Crippen molar-refractivity contribution in [3.05, 3.63) is 12.2 Å². The quantitative estimate of drug-likeness (QED) is 0.152. The number of rotatable bonds is 9. The molecule has 2 heterocycles. The zero-order valence-corrected chi connectivity index (χ0v) is 21.8. The van der Waals surface area contributed by atoms with Gasteiger partial charge in [0.05, 0.1) is 12.6 Å². The van der Waals surface area contributed by atoms with E-state index in [-0.39, 0.29) is 19.3 Å². The highest BCUT2D eigenvalue weighted by Crippen LogP contribution is 2.56. The predicted molar refractivity (Wildman–Crippen MR) is 132 cm³/mol. The number of nitrogens with zero attached hydrogens (tertiary/aromatic N) is 2. The van der Waals surface area contributed by atoms with Crippen LogP contribution in [0.3, 0.4) is 0 Å². The maximum absolute atomic E-state index is 12.8. The Bertz CT molecular complexity index is 824. The Morgan fingerprint density at radius 2 is 1.49 bits per heavy atom. The summed E-state index contributed by atoms with van der Waals surface area (Å²) in [4.78, 5) is 58.4. The van der Waals surface area contributed by atoms with Crippen molar-refractivity contribution in [1.29, 1.82) is 0 Å². The molecule has 0 radical (unpaired) electrons. The van der Waals surface area contributed by atoms with Crippen molar-refractivity contribution in [1.82, 2.24) is 31.1 Å². The molecule has 0 aromatic rings. The van der Waals surface area contributed by atoms with Gasteiger partial charge in [0.15, 0.2) is 0 Å². The summed E-state index contributed by atoms with van der Waals surface area (Å²) < 4.78 is 25.4. The smallest absolute Gasteiger partial charge is 0.253 e. The van der Waals surface area contributed by atoms with E-state index < -0.39 is 44.6 Å². The van der Waals surface area contributed by atoms with Crippen molar-refractivity contribution in [2.75, 3.05) is 77.4 Å². The molecule has 0 saturated carbocycles. The number of carbonyl (C=O) groups is 3. The van der Waals surface area contributed by atoms with E-state index in [1.165, 1.54) is 0 Å². The lowest BCUT2D eigenvalue weighted by Crippen LogP contribution is -2.37. The van der Waals surface area contributed by atoms with E-state index in [2.05, 4.69) is 21.3 Å². The third kappa shape index (κ3) is 12.4. The minimum absolute atomic E-state index is 0.154. The molecular formula is C20H38N6O7P2. The summed E-state index contributed by atoms with van der Waals surface area (Å²) in [7, 11) is -8.12. The van der Waals surface area contributed by atoms with Gasteiger partial charge in [-0.05, 0) is 39.0 Å². The van der Waals surface area contributed by atoms with Gasteiger partial charge in [-0.2, -0.15) is 0 Å². The zero-order chi connectivity index (χ0) is 25.7. The van der Waals surface area contributed by atoms with Crippen LogP contribution in [0.15, 0.2) is 12.2 Å². The molecule has 6 N–H and O–H groups in total. The molecule has 2 unspecified atom stereocenters. The van der Waals surface area contributed by atoms with E-state index in [1.54, 1.807) is 0 Å². The molecule has 1 saturated heterocycles. The summed E-state index contributed by atoms with van der Waals surface area (Å²) in [6, 6.07) is 0. The molecule has 0 aromatic heterocycles. The van der Waals surface area contributed by atoms with Crippen molar-refractivity contribution in [2.24, 2.45) is 0 Å². The van der Waals surface area contributed by atoms with Gasteiger partial charge in [-0.25, -0.2) is 0 Å². The Labute approximate surface area is 206 Å². The zero-order valence-electron chi connectivity index (χ0n) is 20.0. The van der Waals surface area contributed by atoms with Gasteiger partial charge in [-0.3, -0.25) is 33.3 Å². The molecule has 2 atom stereocenters. The van der Waals surface area contributed by atoms with Gasteiger partial charge in [0.2, 0.25) is 20.6 Å². The number of carbonyl (C=O) groups excluding carboxylic acids is 3. The summed E-state index contributed by atoms with van der Waals surface area (Å²) in [6.07, 6.45) is 2.85. The fourth-order valence-corrected chi connectivity index (χ4v) is 8.58. The third-order valence-corrected chi connectivity index (χ3v) is 10.5. The number of hydrogen-bond donors (Lipinski definition) is 6. The minimum Gasteiger partial charge on any atom is -0.347 e. The summed E-state index contributed by atoms with van der Waals surface area (Å²) in [5.41, 5.74) is 0. The summed E-state index contributed by atoms with van der Waals surface area (Å²) in [5, 5.41) is 12.2. The highest BCUT2D eigenvalue weighted by molar-refractivity contribution is 7.75. The lowest BCUT2D eigenvalue weighted by molar-refractivity contribution is -0.137. The van der Waals surface area contributed by atoms with Crippen molar-refractivity contribution in [3.63, 3.8) is 0 Å². The first-order chi connectivity index (χ1) is 16.6. The van der Waals surface area contributed by atoms with Crippen LogP contribution >= 0.6 is 14.7 Å². The van der Waals surface area contributed by atoms with E-state index in [1.807, 2.05) is 4.90 Å². The van der Waals surface area contributed by atoms with Crippen LogP contribution in [0, 0.1) is 0 Å². The van der Waals surface area contributed by atoms with Gasteiger partial charge in [-0.15, -0.1) is 0 Å². The monoisotopic (exact) mass is 536 g/mol. The van der Waals surface area contributed by atoms with E-state index in [0.29, 0.717) is 19.6 Å². The molecule has 3 amide bonds. The molecule has 35 heavy (non-hydrogen) atoms. The normalized spacial score (nSPS) is 22.9. The maximum Gasteiger partial charge on any atom is 0.253 e. The van der Waals surface area contributed by atoms with Gasteiger partial charge < -0.3 is 31.1 Å². The van der Waals surface area contributed by atoms with E-state index in [0.717, 1.165) is 62.6 Å². The summed E-state index contributed by atoms with van der Waals surface area (Å²) in [5.74, 6) is -2.48. The molecular weight excluding hydrogens is 498 g/mol. The molecule has 2 rings (SSSR count). The van der Waals surface area contributed by atoms with E-state index in [4.69, 9.17) is 0 Å². The van der Waals surface area contributed by atoms with Crippen LogP contribution in [0.25, 0.3) is 0 Å². The standard InChI is InChI=1S/C20H38N6O7P2/c27-18(5-13-26-19(28)3-4-20(26)29)24-15-34(30,31)17-35(32,33)16-25-12-2-8-22-10-9-21-6-1-7-23-11-14-25/h3-4,21-23H,1-2,5-17H2,(H,24,27)(H,30,31)(H,32,33). The lowest BCUT2D eigenvalue weighted by atomic mass is 10.3. The SMILES string of the molecule is O=C(CCN1C(=O)C=CC1=O)NCP(=O)(O)CP(=O)(O)CN1CCCNCCNCCCNCC1. The molecule has 0 bridgehead atoms. The number of imide groups is 1.